The van der Waals surface area contributed by atoms with Gasteiger partial charge >= 0.3 is 0 Å². The second-order valence-electron chi connectivity index (χ2n) is 11.2. The molecule has 2 atom stereocenters. The lowest BCUT2D eigenvalue weighted by Gasteiger charge is -2.56. The van der Waals surface area contributed by atoms with Crippen LogP contribution in [0, 0.1) is 12.3 Å². The summed E-state index contributed by atoms with van der Waals surface area (Å²) in [6.07, 6.45) is 3.96. The number of hydrogen-bond donors (Lipinski definition) is 2. The van der Waals surface area contributed by atoms with Crippen LogP contribution in [0.5, 0.6) is 17.2 Å². The van der Waals surface area contributed by atoms with Crippen molar-refractivity contribution in [1.82, 2.24) is 19.8 Å². The maximum atomic E-state index is 11.7. The van der Waals surface area contributed by atoms with Crippen LogP contribution < -0.4 is 14.8 Å². The van der Waals surface area contributed by atoms with E-state index in [9.17, 15) is 14.3 Å². The fraction of sp³-hybridized carbons (Fsp3) is 0.500. The molecule has 1 aliphatic carbocycles. The number of likely N-dealkylation sites (tertiary alicyclic amines) is 1. The average molecular weight is 527 g/mol. The highest BCUT2D eigenvalue weighted by atomic mass is 19.1. The van der Waals surface area contributed by atoms with Gasteiger partial charge in [0.25, 0.3) is 0 Å². The maximum absolute atomic E-state index is 11.7. The number of fused-ring (bicyclic) bond motifs is 1. The Kier molecular flexibility index (Phi) is 6.96. The van der Waals surface area contributed by atoms with Gasteiger partial charge in [0, 0.05) is 42.6 Å². The predicted octanol–water partition coefficient (Wildman–Crippen LogP) is 3.36. The third-order valence-corrected chi connectivity index (χ3v) is 7.28. The fourth-order valence-electron chi connectivity index (χ4n) is 5.19. The van der Waals surface area contributed by atoms with Gasteiger partial charge in [-0.15, -0.1) is 0 Å². The maximum Gasteiger partial charge on any atom is 0.207 e. The van der Waals surface area contributed by atoms with Gasteiger partial charge in [-0.2, -0.15) is 5.10 Å². The molecule has 1 saturated carbocycles. The van der Waals surface area contributed by atoms with Gasteiger partial charge in [-0.25, -0.2) is 8.91 Å². The quantitative estimate of drug-likeness (QED) is 0.435. The smallest absolute Gasteiger partial charge is 0.207 e. The first-order valence-corrected chi connectivity index (χ1v) is 12.8. The molecule has 9 nitrogen and oxygen atoms in total. The van der Waals surface area contributed by atoms with Crippen molar-refractivity contribution in [1.29, 1.82) is 0 Å². The van der Waals surface area contributed by atoms with E-state index >= 15 is 0 Å². The number of amides is 1. The first-order valence-electron chi connectivity index (χ1n) is 12.8. The van der Waals surface area contributed by atoms with Gasteiger partial charge in [0.05, 0.1) is 44.3 Å². The number of halogens is 1. The third kappa shape index (κ3) is 5.42. The Hall–Kier alpha value is -3.37. The number of carbonyl (C=O) groups excluding carboxylic acids is 1. The Morgan fingerprint density at radius 3 is 2.63 bits per heavy atom. The van der Waals surface area contributed by atoms with E-state index in [0.717, 1.165) is 60.8 Å². The molecule has 4 heterocycles. The zero-order valence-electron chi connectivity index (χ0n) is 22.2. The van der Waals surface area contributed by atoms with Gasteiger partial charge in [0.1, 0.15) is 29.0 Å². The zero-order valence-corrected chi connectivity index (χ0v) is 22.2. The number of nitrogens with one attached hydrogen (secondary N) is 1. The fourth-order valence-corrected chi connectivity index (χ4v) is 5.19. The highest BCUT2D eigenvalue weighted by molar-refractivity contribution is 5.82. The minimum Gasteiger partial charge on any atom is -0.508 e. The number of phenolic OH excluding ortho intramolecular Hbond substituents is 1. The molecule has 2 N–H and O–H groups in total. The van der Waals surface area contributed by atoms with Gasteiger partial charge in [0.15, 0.2) is 0 Å². The van der Waals surface area contributed by atoms with E-state index in [0.29, 0.717) is 24.0 Å². The third-order valence-electron chi connectivity index (χ3n) is 7.28. The van der Waals surface area contributed by atoms with E-state index in [-0.39, 0.29) is 17.4 Å². The van der Waals surface area contributed by atoms with Crippen LogP contribution in [0.2, 0.25) is 0 Å². The Morgan fingerprint density at radius 1 is 1.32 bits per heavy atom. The monoisotopic (exact) mass is 526 g/mol. The van der Waals surface area contributed by atoms with Gasteiger partial charge in [-0.1, -0.05) is 0 Å². The Labute approximate surface area is 221 Å². The molecule has 0 radical (unpaired) electrons. The molecule has 2 unspecified atom stereocenters. The second kappa shape index (κ2) is 10.1. The summed E-state index contributed by atoms with van der Waals surface area (Å²) >= 11 is 0. The topological polar surface area (TPSA) is 97.6 Å². The molecule has 2 saturated heterocycles. The van der Waals surface area contributed by atoms with Crippen LogP contribution in [0.1, 0.15) is 25.8 Å². The van der Waals surface area contributed by atoms with E-state index in [2.05, 4.69) is 29.2 Å². The van der Waals surface area contributed by atoms with Crippen molar-refractivity contribution in [3.63, 3.8) is 0 Å². The van der Waals surface area contributed by atoms with Crippen LogP contribution in [-0.4, -0.2) is 83.8 Å². The van der Waals surface area contributed by atoms with Crippen molar-refractivity contribution in [3.05, 3.63) is 42.2 Å². The summed E-state index contributed by atoms with van der Waals surface area (Å²) in [5.41, 5.74) is 3.53. The summed E-state index contributed by atoms with van der Waals surface area (Å²) in [5.74, 6) is 1.63. The molecule has 1 aromatic carbocycles. The Morgan fingerprint density at radius 2 is 2.05 bits per heavy atom. The van der Waals surface area contributed by atoms with E-state index < -0.39 is 6.17 Å². The number of rotatable bonds is 8. The molecule has 0 bridgehead atoms. The zero-order chi connectivity index (χ0) is 27.1. The molecule has 2 aliphatic heterocycles. The van der Waals surface area contributed by atoms with Crippen molar-refractivity contribution in [2.24, 2.45) is 5.41 Å². The van der Waals surface area contributed by atoms with Crippen LogP contribution in [0.15, 0.2) is 36.7 Å². The van der Waals surface area contributed by atoms with Crippen molar-refractivity contribution >= 4 is 11.9 Å². The number of alkyl halides is 1. The van der Waals surface area contributed by atoms with E-state index in [1.807, 2.05) is 35.8 Å². The Bertz CT molecular complexity index is 1310. The molecule has 1 amide bonds. The molecule has 3 aromatic rings. The summed E-state index contributed by atoms with van der Waals surface area (Å²) in [4.78, 5) is 12.0. The minimum absolute atomic E-state index is 0.169. The van der Waals surface area contributed by atoms with Crippen LogP contribution in [-0.2, 0) is 9.53 Å². The molecule has 3 fully saturated rings. The van der Waals surface area contributed by atoms with Crippen molar-refractivity contribution in [3.8, 4) is 28.4 Å². The lowest BCUT2D eigenvalue weighted by molar-refractivity contribution is -0.196. The summed E-state index contributed by atoms with van der Waals surface area (Å²) < 4.78 is 30.7. The summed E-state index contributed by atoms with van der Waals surface area (Å²) in [6.45, 7) is 10.9. The predicted molar refractivity (Wildman–Crippen MR) is 140 cm³/mol. The molecular weight excluding hydrogens is 491 g/mol. The van der Waals surface area contributed by atoms with Gasteiger partial charge in [0.2, 0.25) is 6.41 Å². The number of carbonyl (C=O) groups is 1. The van der Waals surface area contributed by atoms with Crippen LogP contribution in [0.25, 0.3) is 16.6 Å². The first kappa shape index (κ1) is 26.2. The van der Waals surface area contributed by atoms with Crippen molar-refractivity contribution in [2.45, 2.75) is 45.0 Å². The standard InChI is InChI=1S/C24H29N3O4.C4H6FNO/c1-16-21(28)7-17(8-22(16)29-4)19-9-25-27-10-18(5-6-20(19)27)31-23(2,3)11-26-12-24(13-26)14-30-15-24;5-3-1-4(3)6-2-7/h5-10,28H,11-15H2,1-4H3;2-4H,1H2,(H,6,7). The van der Waals surface area contributed by atoms with Crippen LogP contribution in [0.4, 0.5) is 4.39 Å². The highest BCUT2D eigenvalue weighted by Crippen LogP contribution is 2.39. The lowest BCUT2D eigenvalue weighted by Crippen LogP contribution is -2.67. The van der Waals surface area contributed by atoms with Crippen LogP contribution >= 0.6 is 0 Å². The highest BCUT2D eigenvalue weighted by Gasteiger charge is 2.49. The molecule has 1 spiro atoms. The van der Waals surface area contributed by atoms with E-state index in [1.165, 1.54) is 0 Å². The number of pyridine rings is 1. The van der Waals surface area contributed by atoms with Crippen molar-refractivity contribution in [2.75, 3.05) is 40.0 Å². The van der Waals surface area contributed by atoms with Gasteiger partial charge < -0.3 is 24.6 Å². The van der Waals surface area contributed by atoms with Gasteiger partial charge in [-0.05, 0) is 50.6 Å². The van der Waals surface area contributed by atoms with Crippen LogP contribution in [0.3, 0.4) is 0 Å². The van der Waals surface area contributed by atoms with E-state index in [4.69, 9.17) is 14.2 Å². The minimum atomic E-state index is -0.773. The SMILES string of the molecule is COc1cc(-c2cnn3cc(OC(C)(C)CN4CC5(COC5)C4)ccc23)cc(O)c1C.O=CNC1CC1F. The number of aromatic nitrogens is 2. The number of benzene rings is 1. The molecule has 204 valence electrons. The second-order valence-corrected chi connectivity index (χ2v) is 11.2. The number of phenols is 1. The summed E-state index contributed by atoms with van der Waals surface area (Å²) in [7, 11) is 1.60. The van der Waals surface area contributed by atoms with Gasteiger partial charge in [-0.3, -0.25) is 9.69 Å². The normalized spacial score (nSPS) is 21.6. The lowest BCUT2D eigenvalue weighted by atomic mass is 9.77. The van der Waals surface area contributed by atoms with E-state index in [1.54, 1.807) is 19.4 Å². The Balaban J connectivity index is 0.000000366. The molecular formula is C28H35FN4O5. The molecule has 3 aliphatic rings. The molecule has 38 heavy (non-hydrogen) atoms. The number of hydrogen-bond acceptors (Lipinski definition) is 7. The molecule has 6 rings (SSSR count). The molecule has 2 aromatic heterocycles. The molecule has 10 heteroatoms. The number of ether oxygens (including phenoxy) is 3. The number of aromatic hydroxyl groups is 1. The average Bonchev–Trinajstić information content (AvgIpc) is 3.35. The number of nitrogens with zero attached hydrogens (tertiary/aromatic N) is 3. The largest absolute Gasteiger partial charge is 0.508 e. The summed E-state index contributed by atoms with van der Waals surface area (Å²) in [6, 6.07) is 7.48. The van der Waals surface area contributed by atoms with Crippen molar-refractivity contribution < 1.29 is 28.5 Å². The first-order chi connectivity index (χ1) is 18.1. The summed E-state index contributed by atoms with van der Waals surface area (Å²) in [5, 5.41) is 17.1. The number of methoxy groups -OCH3 is 1.